The molecule has 0 amide bonds. The third kappa shape index (κ3) is 2.83. The molecule has 3 rings (SSSR count). The van der Waals surface area contributed by atoms with E-state index in [1.54, 1.807) is 24.3 Å². The molecule has 0 atom stereocenters. The van der Waals surface area contributed by atoms with Gasteiger partial charge in [-0.15, -0.1) is 0 Å². The molecule has 1 heterocycles. The summed E-state index contributed by atoms with van der Waals surface area (Å²) in [5.41, 5.74) is 0.182. The Labute approximate surface area is 136 Å². The molecule has 3 aromatic rings. The number of aromatic nitrogens is 1. The van der Waals surface area contributed by atoms with E-state index in [1.807, 2.05) is 0 Å². The molecule has 122 valence electrons. The van der Waals surface area contributed by atoms with Crippen LogP contribution in [0.3, 0.4) is 0 Å². The van der Waals surface area contributed by atoms with Crippen molar-refractivity contribution in [2.75, 3.05) is 7.11 Å². The SMILES string of the molecule is COc1cccc2c(OCc3c(F)cccc3[N+](=O)[O-])ccnc12. The van der Waals surface area contributed by atoms with Gasteiger partial charge in [0.1, 0.15) is 35.0 Å². The summed E-state index contributed by atoms with van der Waals surface area (Å²) in [4.78, 5) is 14.7. The molecule has 0 saturated carbocycles. The Bertz CT molecular complexity index is 914. The lowest BCUT2D eigenvalue weighted by molar-refractivity contribution is -0.386. The van der Waals surface area contributed by atoms with E-state index < -0.39 is 10.7 Å². The molecule has 0 spiro atoms. The number of rotatable bonds is 5. The van der Waals surface area contributed by atoms with Gasteiger partial charge in [0.05, 0.1) is 12.0 Å². The molecule has 0 radical (unpaired) electrons. The lowest BCUT2D eigenvalue weighted by Gasteiger charge is -2.11. The topological polar surface area (TPSA) is 74.5 Å². The number of hydrogen-bond donors (Lipinski definition) is 0. The molecule has 0 aliphatic rings. The number of nitro benzene ring substituents is 1. The summed E-state index contributed by atoms with van der Waals surface area (Å²) in [6, 6.07) is 10.7. The van der Waals surface area contributed by atoms with E-state index in [0.717, 1.165) is 0 Å². The average Bonchev–Trinajstić information content (AvgIpc) is 2.59. The zero-order valence-electron chi connectivity index (χ0n) is 12.7. The van der Waals surface area contributed by atoms with Crippen LogP contribution in [0.5, 0.6) is 11.5 Å². The van der Waals surface area contributed by atoms with E-state index in [-0.39, 0.29) is 17.9 Å². The van der Waals surface area contributed by atoms with Crippen molar-refractivity contribution in [1.29, 1.82) is 0 Å². The predicted octanol–water partition coefficient (Wildman–Crippen LogP) is 3.87. The number of para-hydroxylation sites is 1. The first-order valence-corrected chi connectivity index (χ1v) is 7.08. The second-order valence-corrected chi connectivity index (χ2v) is 4.95. The minimum atomic E-state index is -0.680. The fourth-order valence-corrected chi connectivity index (χ4v) is 2.43. The summed E-state index contributed by atoms with van der Waals surface area (Å²) >= 11 is 0. The molecule has 0 unspecified atom stereocenters. The summed E-state index contributed by atoms with van der Waals surface area (Å²) in [7, 11) is 1.53. The molecule has 24 heavy (non-hydrogen) atoms. The van der Waals surface area contributed by atoms with Gasteiger partial charge in [0.2, 0.25) is 0 Å². The lowest BCUT2D eigenvalue weighted by Crippen LogP contribution is -2.04. The number of benzene rings is 2. The van der Waals surface area contributed by atoms with Gasteiger partial charge in [-0.05, 0) is 24.3 Å². The van der Waals surface area contributed by atoms with Crippen LogP contribution in [-0.2, 0) is 6.61 Å². The Kier molecular flexibility index (Phi) is 4.24. The molecule has 0 saturated heterocycles. The van der Waals surface area contributed by atoms with Crippen LogP contribution in [0.1, 0.15) is 5.56 Å². The van der Waals surface area contributed by atoms with E-state index in [2.05, 4.69) is 4.98 Å². The molecule has 7 heteroatoms. The van der Waals surface area contributed by atoms with Crippen LogP contribution in [0, 0.1) is 15.9 Å². The zero-order chi connectivity index (χ0) is 17.1. The molecule has 0 aliphatic heterocycles. The smallest absolute Gasteiger partial charge is 0.278 e. The van der Waals surface area contributed by atoms with Crippen LogP contribution in [0.25, 0.3) is 10.9 Å². The van der Waals surface area contributed by atoms with E-state index in [1.165, 1.54) is 31.5 Å². The number of hydrogen-bond acceptors (Lipinski definition) is 5. The minimum absolute atomic E-state index is 0.102. The summed E-state index contributed by atoms with van der Waals surface area (Å²) < 4.78 is 24.8. The summed E-state index contributed by atoms with van der Waals surface area (Å²) in [5, 5.41) is 11.7. The second kappa shape index (κ2) is 6.49. The maximum atomic E-state index is 13.9. The first-order valence-electron chi connectivity index (χ1n) is 7.08. The standard InChI is InChI=1S/C17H13FN2O4/c1-23-16-7-2-4-11-15(8-9-19-17(11)16)24-10-12-13(18)5-3-6-14(12)20(21)22/h2-9H,10H2,1H3. The van der Waals surface area contributed by atoms with E-state index in [9.17, 15) is 14.5 Å². The number of methoxy groups -OCH3 is 1. The van der Waals surface area contributed by atoms with Gasteiger partial charge in [0.25, 0.3) is 5.69 Å². The molecule has 0 N–H and O–H groups in total. The summed E-state index contributed by atoms with van der Waals surface area (Å²) in [6.45, 7) is -0.265. The number of nitro groups is 1. The van der Waals surface area contributed by atoms with Crippen molar-refractivity contribution in [3.05, 3.63) is 70.2 Å². The summed E-state index contributed by atoms with van der Waals surface area (Å²) in [5.74, 6) is 0.339. The molecule has 2 aromatic carbocycles. The van der Waals surface area contributed by atoms with Crippen molar-refractivity contribution in [2.45, 2.75) is 6.61 Å². The highest BCUT2D eigenvalue weighted by atomic mass is 19.1. The van der Waals surface area contributed by atoms with Gasteiger partial charge in [0, 0.05) is 17.6 Å². The summed E-state index contributed by atoms with van der Waals surface area (Å²) in [6.07, 6.45) is 1.54. The Morgan fingerprint density at radius 1 is 1.17 bits per heavy atom. The highest BCUT2D eigenvalue weighted by Gasteiger charge is 2.18. The molecule has 6 nitrogen and oxygen atoms in total. The number of fused-ring (bicyclic) bond motifs is 1. The van der Waals surface area contributed by atoms with Crippen LogP contribution in [0.4, 0.5) is 10.1 Å². The van der Waals surface area contributed by atoms with Gasteiger partial charge in [0.15, 0.2) is 0 Å². The van der Waals surface area contributed by atoms with E-state index in [0.29, 0.717) is 22.4 Å². The van der Waals surface area contributed by atoms with Crippen molar-refractivity contribution in [3.63, 3.8) is 0 Å². The van der Waals surface area contributed by atoms with Crippen molar-refractivity contribution >= 4 is 16.6 Å². The first-order chi connectivity index (χ1) is 11.6. The molecule has 1 aromatic heterocycles. The van der Waals surface area contributed by atoms with E-state index in [4.69, 9.17) is 9.47 Å². The Morgan fingerprint density at radius 2 is 1.96 bits per heavy atom. The highest BCUT2D eigenvalue weighted by molar-refractivity contribution is 5.89. The monoisotopic (exact) mass is 328 g/mol. The fraction of sp³-hybridized carbons (Fsp3) is 0.118. The van der Waals surface area contributed by atoms with Gasteiger partial charge in [-0.1, -0.05) is 12.1 Å². The normalized spacial score (nSPS) is 10.6. The van der Waals surface area contributed by atoms with Crippen LogP contribution < -0.4 is 9.47 Å². The predicted molar refractivity (Wildman–Crippen MR) is 85.7 cm³/mol. The quantitative estimate of drug-likeness (QED) is 0.525. The highest BCUT2D eigenvalue weighted by Crippen LogP contribution is 2.31. The number of halogens is 1. The lowest BCUT2D eigenvalue weighted by atomic mass is 10.1. The Hall–Kier alpha value is -3.22. The maximum absolute atomic E-state index is 13.9. The zero-order valence-corrected chi connectivity index (χ0v) is 12.7. The molecular weight excluding hydrogens is 315 g/mol. The average molecular weight is 328 g/mol. The Balaban J connectivity index is 1.97. The minimum Gasteiger partial charge on any atom is -0.494 e. The van der Waals surface area contributed by atoms with E-state index >= 15 is 0 Å². The van der Waals surface area contributed by atoms with Gasteiger partial charge in [-0.2, -0.15) is 0 Å². The van der Waals surface area contributed by atoms with Gasteiger partial charge in [-0.3, -0.25) is 15.1 Å². The van der Waals surface area contributed by atoms with Crippen molar-refractivity contribution in [3.8, 4) is 11.5 Å². The third-order valence-corrected chi connectivity index (χ3v) is 3.58. The van der Waals surface area contributed by atoms with Crippen molar-refractivity contribution in [2.24, 2.45) is 0 Å². The number of pyridine rings is 1. The molecule has 0 fully saturated rings. The van der Waals surface area contributed by atoms with Crippen LogP contribution in [0.2, 0.25) is 0 Å². The molecule has 0 bridgehead atoms. The molecule has 0 aliphatic carbocycles. The van der Waals surface area contributed by atoms with Crippen molar-refractivity contribution in [1.82, 2.24) is 4.98 Å². The third-order valence-electron chi connectivity index (χ3n) is 3.58. The second-order valence-electron chi connectivity index (χ2n) is 4.95. The van der Waals surface area contributed by atoms with Gasteiger partial charge < -0.3 is 9.47 Å². The number of nitrogens with zero attached hydrogens (tertiary/aromatic N) is 2. The van der Waals surface area contributed by atoms with Crippen molar-refractivity contribution < 1.29 is 18.8 Å². The van der Waals surface area contributed by atoms with Crippen LogP contribution in [-0.4, -0.2) is 17.0 Å². The largest absolute Gasteiger partial charge is 0.494 e. The maximum Gasteiger partial charge on any atom is 0.278 e. The van der Waals surface area contributed by atoms with Crippen LogP contribution in [0.15, 0.2) is 48.7 Å². The fourth-order valence-electron chi connectivity index (χ4n) is 2.43. The van der Waals surface area contributed by atoms with Crippen LogP contribution >= 0.6 is 0 Å². The van der Waals surface area contributed by atoms with Gasteiger partial charge in [-0.25, -0.2) is 4.39 Å². The van der Waals surface area contributed by atoms with Gasteiger partial charge >= 0.3 is 0 Å². The first kappa shape index (κ1) is 15.7. The molecular formula is C17H13FN2O4. The number of ether oxygens (including phenoxy) is 2. The Morgan fingerprint density at radius 3 is 2.71 bits per heavy atom.